The van der Waals surface area contributed by atoms with Crippen LogP contribution in [-0.2, 0) is 0 Å². The molecule has 0 fully saturated rings. The van der Waals surface area contributed by atoms with Crippen LogP contribution in [0.25, 0.3) is 5.69 Å². The summed E-state index contributed by atoms with van der Waals surface area (Å²) in [4.78, 5) is 4.64. The molecule has 0 saturated carbocycles. The van der Waals surface area contributed by atoms with Gasteiger partial charge in [0.05, 0.1) is 17.6 Å². The van der Waals surface area contributed by atoms with E-state index < -0.39 is 0 Å². The molecule has 4 rings (SSSR count). The molecule has 0 amide bonds. The van der Waals surface area contributed by atoms with Crippen molar-refractivity contribution in [1.29, 1.82) is 0 Å². The largest absolute Gasteiger partial charge is 0.457 e. The lowest BCUT2D eigenvalue weighted by molar-refractivity contribution is 0.479. The number of aromatic nitrogens is 1. The number of hydrogen-bond acceptors (Lipinski definition) is 2. The van der Waals surface area contributed by atoms with Crippen molar-refractivity contribution in [3.63, 3.8) is 0 Å². The SMILES string of the molecule is Cc1ccccc1Oc1ccc(N=Cc2ccc(C)n2-c2ccccc2)cc1. The normalized spacial score (nSPS) is 11.1. The average Bonchev–Trinajstić information content (AvgIpc) is 3.10. The van der Waals surface area contributed by atoms with Gasteiger partial charge in [0.25, 0.3) is 0 Å². The lowest BCUT2D eigenvalue weighted by Crippen LogP contribution is -2.00. The molecule has 0 aliphatic heterocycles. The van der Waals surface area contributed by atoms with Crippen LogP contribution in [0.3, 0.4) is 0 Å². The molecule has 138 valence electrons. The molecule has 3 nitrogen and oxygen atoms in total. The monoisotopic (exact) mass is 366 g/mol. The summed E-state index contributed by atoms with van der Waals surface area (Å²) in [6.07, 6.45) is 1.90. The highest BCUT2D eigenvalue weighted by molar-refractivity contribution is 5.81. The Kier molecular flexibility index (Phi) is 5.07. The zero-order valence-electron chi connectivity index (χ0n) is 16.0. The maximum Gasteiger partial charge on any atom is 0.130 e. The number of aliphatic imine (C=N–C) groups is 1. The summed E-state index contributed by atoms with van der Waals surface area (Å²) >= 11 is 0. The predicted molar refractivity (Wildman–Crippen MR) is 115 cm³/mol. The summed E-state index contributed by atoms with van der Waals surface area (Å²) in [6, 6.07) is 30.3. The first-order valence-corrected chi connectivity index (χ1v) is 9.32. The van der Waals surface area contributed by atoms with E-state index in [0.717, 1.165) is 34.1 Å². The van der Waals surface area contributed by atoms with Crippen molar-refractivity contribution in [3.8, 4) is 17.2 Å². The Labute approximate surface area is 165 Å². The van der Waals surface area contributed by atoms with Crippen LogP contribution < -0.4 is 4.74 Å². The first-order valence-electron chi connectivity index (χ1n) is 9.32. The molecule has 1 heterocycles. The number of para-hydroxylation sites is 2. The molecule has 3 heteroatoms. The molecular formula is C25H22N2O. The second-order valence-electron chi connectivity index (χ2n) is 6.69. The fourth-order valence-electron chi connectivity index (χ4n) is 3.13. The zero-order valence-corrected chi connectivity index (χ0v) is 16.0. The Morgan fingerprint density at radius 1 is 0.750 bits per heavy atom. The third-order valence-electron chi connectivity index (χ3n) is 4.62. The van der Waals surface area contributed by atoms with Crippen LogP contribution >= 0.6 is 0 Å². The summed E-state index contributed by atoms with van der Waals surface area (Å²) in [5.41, 5.74) is 5.35. The van der Waals surface area contributed by atoms with E-state index in [1.807, 2.05) is 79.9 Å². The minimum absolute atomic E-state index is 0.803. The summed E-state index contributed by atoms with van der Waals surface area (Å²) in [5, 5.41) is 0. The van der Waals surface area contributed by atoms with Gasteiger partial charge < -0.3 is 9.30 Å². The molecule has 0 bridgehead atoms. The highest BCUT2D eigenvalue weighted by atomic mass is 16.5. The fraction of sp³-hybridized carbons (Fsp3) is 0.0800. The van der Waals surface area contributed by atoms with Gasteiger partial charge in [-0.15, -0.1) is 0 Å². The van der Waals surface area contributed by atoms with Crippen LogP contribution in [0.2, 0.25) is 0 Å². The standard InChI is InChI=1S/C25H22N2O/c1-19-8-6-7-11-25(19)28-24-16-13-21(14-17-24)26-18-23-15-12-20(2)27(23)22-9-4-3-5-10-22/h3-18H,1-2H3. The van der Waals surface area contributed by atoms with E-state index >= 15 is 0 Å². The third-order valence-corrected chi connectivity index (χ3v) is 4.62. The molecule has 0 atom stereocenters. The third kappa shape index (κ3) is 3.89. The van der Waals surface area contributed by atoms with E-state index in [9.17, 15) is 0 Å². The van der Waals surface area contributed by atoms with Crippen LogP contribution in [0, 0.1) is 13.8 Å². The van der Waals surface area contributed by atoms with E-state index in [1.165, 1.54) is 5.69 Å². The second kappa shape index (κ2) is 7.97. The maximum absolute atomic E-state index is 5.95. The van der Waals surface area contributed by atoms with Crippen LogP contribution in [-0.4, -0.2) is 10.8 Å². The van der Waals surface area contributed by atoms with Crippen LogP contribution in [0.1, 0.15) is 17.0 Å². The first kappa shape index (κ1) is 17.8. The Morgan fingerprint density at radius 3 is 2.21 bits per heavy atom. The smallest absolute Gasteiger partial charge is 0.130 e. The van der Waals surface area contributed by atoms with E-state index in [4.69, 9.17) is 4.74 Å². The van der Waals surface area contributed by atoms with Gasteiger partial charge in [0.15, 0.2) is 0 Å². The molecule has 28 heavy (non-hydrogen) atoms. The lowest BCUT2D eigenvalue weighted by Gasteiger charge is -2.09. The van der Waals surface area contributed by atoms with Gasteiger partial charge in [0, 0.05) is 11.4 Å². The zero-order chi connectivity index (χ0) is 19.3. The molecule has 4 aromatic rings. The summed E-state index contributed by atoms with van der Waals surface area (Å²) in [7, 11) is 0. The number of hydrogen-bond donors (Lipinski definition) is 0. The Morgan fingerprint density at radius 2 is 1.46 bits per heavy atom. The second-order valence-corrected chi connectivity index (χ2v) is 6.69. The minimum atomic E-state index is 0.803. The van der Waals surface area contributed by atoms with Crippen LogP contribution in [0.4, 0.5) is 5.69 Å². The molecule has 0 aliphatic carbocycles. The van der Waals surface area contributed by atoms with Gasteiger partial charge in [-0.1, -0.05) is 36.4 Å². The van der Waals surface area contributed by atoms with E-state index in [-0.39, 0.29) is 0 Å². The molecule has 0 unspecified atom stereocenters. The van der Waals surface area contributed by atoms with Crippen molar-refractivity contribution in [2.24, 2.45) is 4.99 Å². The number of nitrogens with zero attached hydrogens (tertiary/aromatic N) is 2. The van der Waals surface area contributed by atoms with Crippen molar-refractivity contribution >= 4 is 11.9 Å². The number of benzene rings is 3. The molecule has 0 spiro atoms. The Bertz CT molecular complexity index is 1090. The van der Waals surface area contributed by atoms with Crippen molar-refractivity contribution in [2.45, 2.75) is 13.8 Å². The van der Waals surface area contributed by atoms with Crippen molar-refractivity contribution in [3.05, 3.63) is 108 Å². The van der Waals surface area contributed by atoms with Crippen LogP contribution in [0.15, 0.2) is 96.0 Å². The molecule has 1 aromatic heterocycles. The van der Waals surface area contributed by atoms with Crippen molar-refractivity contribution in [2.75, 3.05) is 0 Å². The quantitative estimate of drug-likeness (QED) is 0.364. The Balaban J connectivity index is 1.53. The fourth-order valence-corrected chi connectivity index (χ4v) is 3.13. The van der Waals surface area contributed by atoms with Gasteiger partial charge in [0.1, 0.15) is 11.5 Å². The molecule has 0 N–H and O–H groups in total. The number of aryl methyl sites for hydroxylation is 2. The summed E-state index contributed by atoms with van der Waals surface area (Å²) in [6.45, 7) is 4.14. The van der Waals surface area contributed by atoms with E-state index in [1.54, 1.807) is 0 Å². The maximum atomic E-state index is 5.95. The van der Waals surface area contributed by atoms with Gasteiger partial charge in [-0.25, -0.2) is 0 Å². The van der Waals surface area contributed by atoms with E-state index in [0.29, 0.717) is 0 Å². The topological polar surface area (TPSA) is 26.5 Å². The number of ether oxygens (including phenoxy) is 1. The first-order chi connectivity index (χ1) is 13.7. The molecule has 3 aromatic carbocycles. The Hall–Kier alpha value is -3.59. The van der Waals surface area contributed by atoms with Gasteiger partial charge in [-0.05, 0) is 74.0 Å². The molecular weight excluding hydrogens is 344 g/mol. The van der Waals surface area contributed by atoms with Crippen molar-refractivity contribution in [1.82, 2.24) is 4.57 Å². The lowest BCUT2D eigenvalue weighted by atomic mass is 10.2. The summed E-state index contributed by atoms with van der Waals surface area (Å²) < 4.78 is 8.14. The van der Waals surface area contributed by atoms with E-state index in [2.05, 4.69) is 40.7 Å². The molecule has 0 radical (unpaired) electrons. The van der Waals surface area contributed by atoms with Gasteiger partial charge >= 0.3 is 0 Å². The van der Waals surface area contributed by atoms with Gasteiger partial charge in [-0.3, -0.25) is 4.99 Å². The molecule has 0 saturated heterocycles. The predicted octanol–water partition coefficient (Wildman–Crippen LogP) is 6.64. The highest BCUT2D eigenvalue weighted by Crippen LogP contribution is 2.26. The van der Waals surface area contributed by atoms with Gasteiger partial charge in [-0.2, -0.15) is 0 Å². The average molecular weight is 366 g/mol. The molecule has 0 aliphatic rings. The minimum Gasteiger partial charge on any atom is -0.457 e. The highest BCUT2D eigenvalue weighted by Gasteiger charge is 2.05. The van der Waals surface area contributed by atoms with Gasteiger partial charge in [0.2, 0.25) is 0 Å². The number of rotatable bonds is 5. The summed E-state index contributed by atoms with van der Waals surface area (Å²) in [5.74, 6) is 1.67. The van der Waals surface area contributed by atoms with Crippen LogP contribution in [0.5, 0.6) is 11.5 Å². The van der Waals surface area contributed by atoms with Crippen molar-refractivity contribution < 1.29 is 4.74 Å².